The van der Waals surface area contributed by atoms with E-state index in [0.717, 1.165) is 0 Å². The van der Waals surface area contributed by atoms with Gasteiger partial charge in [0.25, 0.3) is 0 Å². The van der Waals surface area contributed by atoms with Crippen molar-refractivity contribution < 1.29 is 14.3 Å². The molecule has 0 amide bonds. The number of carbonyl (C=O) groups excluding carboxylic acids is 1. The molecule has 0 aliphatic carbocycles. The maximum atomic E-state index is 11.6. The molecule has 0 atom stereocenters. The maximum absolute atomic E-state index is 11.6. The Morgan fingerprint density at radius 1 is 1.52 bits per heavy atom. The van der Waals surface area contributed by atoms with E-state index in [1.54, 1.807) is 12.1 Å². The molecule has 0 aliphatic heterocycles. The van der Waals surface area contributed by atoms with Gasteiger partial charge in [-0.05, 0) is 28.7 Å². The highest BCUT2D eigenvalue weighted by atomic mass is 127. The Bertz CT molecular complexity index is 651. The first-order valence-corrected chi connectivity index (χ1v) is 6.56. The molecule has 8 nitrogen and oxygen atoms in total. The lowest BCUT2D eigenvalue weighted by Gasteiger charge is -2.11. The molecule has 0 saturated carbocycles. The predicted molar refractivity (Wildman–Crippen MR) is 85.6 cm³/mol. The Balaban J connectivity index is 3.19. The van der Waals surface area contributed by atoms with Gasteiger partial charge in [-0.1, -0.05) is 0 Å². The van der Waals surface area contributed by atoms with Gasteiger partial charge in [0, 0.05) is 9.64 Å². The summed E-state index contributed by atoms with van der Waals surface area (Å²) in [6, 6.07) is 4.78. The number of hydrogen-bond acceptors (Lipinski definition) is 7. The van der Waals surface area contributed by atoms with Crippen LogP contribution in [0.15, 0.2) is 17.2 Å². The molecule has 0 unspecified atom stereocenters. The number of hydrogen-bond donors (Lipinski definition) is 3. The second-order valence-electron chi connectivity index (χ2n) is 3.62. The van der Waals surface area contributed by atoms with E-state index in [1.807, 2.05) is 22.6 Å². The number of nitrogens with two attached hydrogens (primary N) is 1. The molecule has 0 spiro atoms. The van der Waals surface area contributed by atoms with E-state index < -0.39 is 11.8 Å². The van der Waals surface area contributed by atoms with Crippen molar-refractivity contribution in [3.63, 3.8) is 0 Å². The summed E-state index contributed by atoms with van der Waals surface area (Å²) in [7, 11) is 2.69. The molecule has 110 valence electrons. The fourth-order valence-corrected chi connectivity index (χ4v) is 1.93. The Labute approximate surface area is 134 Å². The summed E-state index contributed by atoms with van der Waals surface area (Å²) < 4.78 is 10.4. The lowest BCUT2D eigenvalue weighted by Crippen LogP contribution is -2.22. The maximum Gasteiger partial charge on any atom is 0.341 e. The second kappa shape index (κ2) is 7.44. The largest absolute Gasteiger partial charge is 0.496 e. The molecule has 0 aromatic heterocycles. The van der Waals surface area contributed by atoms with Crippen molar-refractivity contribution in [3.05, 3.63) is 21.3 Å². The van der Waals surface area contributed by atoms with Crippen molar-refractivity contribution in [1.29, 1.82) is 10.7 Å². The lowest BCUT2D eigenvalue weighted by molar-refractivity contribution is 0.0597. The Kier molecular flexibility index (Phi) is 5.92. The normalized spacial score (nSPS) is 10.5. The molecule has 0 saturated heterocycles. The summed E-state index contributed by atoms with van der Waals surface area (Å²) in [5.41, 5.74) is 8.31. The Morgan fingerprint density at radius 2 is 2.19 bits per heavy atom. The number of ether oxygens (including phenoxy) is 2. The van der Waals surface area contributed by atoms with E-state index in [4.69, 9.17) is 21.1 Å². The molecule has 0 fully saturated rings. The summed E-state index contributed by atoms with van der Waals surface area (Å²) in [6.45, 7) is 0. The zero-order valence-corrected chi connectivity index (χ0v) is 13.4. The first-order valence-electron chi connectivity index (χ1n) is 5.48. The van der Waals surface area contributed by atoms with Gasteiger partial charge in [0.2, 0.25) is 5.71 Å². The fraction of sp³-hybridized carbons (Fsp3) is 0.167. The number of carbonyl (C=O) groups is 1. The van der Waals surface area contributed by atoms with Crippen LogP contribution in [0.1, 0.15) is 10.4 Å². The minimum Gasteiger partial charge on any atom is -0.496 e. The summed E-state index contributed by atoms with van der Waals surface area (Å²) in [5.74, 6) is -0.680. The zero-order chi connectivity index (χ0) is 16.0. The van der Waals surface area contributed by atoms with Gasteiger partial charge in [-0.15, -0.1) is 0 Å². The van der Waals surface area contributed by atoms with Gasteiger partial charge in [0.05, 0.1) is 19.9 Å². The van der Waals surface area contributed by atoms with Crippen molar-refractivity contribution in [2.75, 3.05) is 19.6 Å². The van der Waals surface area contributed by atoms with Crippen LogP contribution in [0.4, 0.5) is 5.69 Å². The average Bonchev–Trinajstić information content (AvgIpc) is 2.47. The van der Waals surface area contributed by atoms with Crippen LogP contribution in [0.3, 0.4) is 0 Å². The van der Waals surface area contributed by atoms with Gasteiger partial charge in [0.1, 0.15) is 17.4 Å². The number of methoxy groups -OCH3 is 2. The standard InChI is InChI=1S/C12H12IN5O3/c1-20-10-4-8(17-18-9(5-14)11(15)16)7(13)3-6(10)12(19)21-2/h3-4,17H,1-2H3,(H3,15,16)/b18-9+. The van der Waals surface area contributed by atoms with Crippen molar-refractivity contribution in [1.82, 2.24) is 0 Å². The van der Waals surface area contributed by atoms with Gasteiger partial charge in [0.15, 0.2) is 5.84 Å². The third kappa shape index (κ3) is 4.06. The summed E-state index contributed by atoms with van der Waals surface area (Å²) in [5, 5.41) is 19.6. The molecule has 9 heteroatoms. The smallest absolute Gasteiger partial charge is 0.341 e. The number of nitrogens with zero attached hydrogens (tertiary/aromatic N) is 2. The van der Waals surface area contributed by atoms with Crippen molar-refractivity contribution in [2.24, 2.45) is 10.8 Å². The highest BCUT2D eigenvalue weighted by Crippen LogP contribution is 2.29. The average molecular weight is 401 g/mol. The number of nitrogens with one attached hydrogen (secondary N) is 2. The van der Waals surface area contributed by atoms with Gasteiger partial charge in [-0.2, -0.15) is 10.4 Å². The molecule has 0 aliphatic rings. The summed E-state index contributed by atoms with van der Waals surface area (Å²) >= 11 is 1.98. The van der Waals surface area contributed by atoms with Crippen LogP contribution in [-0.4, -0.2) is 31.7 Å². The van der Waals surface area contributed by atoms with Gasteiger partial charge < -0.3 is 15.2 Å². The molecule has 21 heavy (non-hydrogen) atoms. The Hall–Kier alpha value is -2.35. The van der Waals surface area contributed by atoms with Gasteiger partial charge in [-0.25, -0.2) is 4.79 Å². The molecule has 1 aromatic rings. The molecule has 0 bridgehead atoms. The number of rotatable bonds is 5. The van der Waals surface area contributed by atoms with E-state index in [-0.39, 0.29) is 11.3 Å². The van der Waals surface area contributed by atoms with E-state index in [1.165, 1.54) is 20.3 Å². The lowest BCUT2D eigenvalue weighted by atomic mass is 10.2. The first kappa shape index (κ1) is 16.7. The van der Waals surface area contributed by atoms with Crippen molar-refractivity contribution in [3.8, 4) is 11.8 Å². The molecular weight excluding hydrogens is 389 g/mol. The van der Waals surface area contributed by atoms with Crippen molar-refractivity contribution in [2.45, 2.75) is 0 Å². The number of benzene rings is 1. The highest BCUT2D eigenvalue weighted by Gasteiger charge is 2.16. The molecule has 1 aromatic carbocycles. The molecule has 0 radical (unpaired) electrons. The quantitative estimate of drug-likeness (QED) is 0.224. The van der Waals surface area contributed by atoms with Crippen LogP contribution >= 0.6 is 22.6 Å². The van der Waals surface area contributed by atoms with Gasteiger partial charge >= 0.3 is 5.97 Å². The monoisotopic (exact) mass is 401 g/mol. The number of esters is 1. The molecule has 1 rings (SSSR count). The molecule has 0 heterocycles. The number of anilines is 1. The first-order chi connectivity index (χ1) is 9.94. The summed E-state index contributed by atoms with van der Waals surface area (Å²) in [4.78, 5) is 11.6. The summed E-state index contributed by atoms with van der Waals surface area (Å²) in [6.07, 6.45) is 0. The third-order valence-corrected chi connectivity index (χ3v) is 3.24. The highest BCUT2D eigenvalue weighted by molar-refractivity contribution is 14.1. The Morgan fingerprint density at radius 3 is 2.67 bits per heavy atom. The number of hydrazone groups is 1. The predicted octanol–water partition coefficient (Wildman–Crippen LogP) is 1.31. The van der Waals surface area contributed by atoms with Crippen LogP contribution in [0.25, 0.3) is 0 Å². The topological polar surface area (TPSA) is 134 Å². The zero-order valence-electron chi connectivity index (χ0n) is 11.2. The van der Waals surface area contributed by atoms with Crippen LogP contribution in [-0.2, 0) is 4.74 Å². The van der Waals surface area contributed by atoms with Crippen molar-refractivity contribution >= 4 is 45.8 Å². The van der Waals surface area contributed by atoms with E-state index >= 15 is 0 Å². The number of halogens is 1. The van der Waals surface area contributed by atoms with E-state index in [0.29, 0.717) is 15.0 Å². The van der Waals surface area contributed by atoms with Gasteiger partial charge in [-0.3, -0.25) is 10.8 Å². The van der Waals surface area contributed by atoms with Crippen LogP contribution < -0.4 is 15.9 Å². The molecular formula is C12H12IN5O3. The number of nitriles is 1. The SMILES string of the molecule is COC(=O)c1cc(I)c(N/N=C(\C#N)C(=N)N)cc1OC. The fourth-order valence-electron chi connectivity index (χ4n) is 1.34. The van der Waals surface area contributed by atoms with Crippen LogP contribution in [0.2, 0.25) is 0 Å². The minimum absolute atomic E-state index is 0.248. The molecule has 4 N–H and O–H groups in total. The van der Waals surface area contributed by atoms with Crippen LogP contribution in [0.5, 0.6) is 5.75 Å². The second-order valence-corrected chi connectivity index (χ2v) is 4.78. The number of amidine groups is 1. The van der Waals surface area contributed by atoms with E-state index in [2.05, 4.69) is 15.3 Å². The third-order valence-electron chi connectivity index (χ3n) is 2.34. The van der Waals surface area contributed by atoms with Crippen LogP contribution in [0, 0.1) is 20.3 Å². The van der Waals surface area contributed by atoms with E-state index in [9.17, 15) is 4.79 Å². The minimum atomic E-state index is -0.527.